The molecule has 30 heavy (non-hydrogen) atoms. The predicted octanol–water partition coefficient (Wildman–Crippen LogP) is 6.86. The summed E-state index contributed by atoms with van der Waals surface area (Å²) in [5.74, 6) is 0.501. The Kier molecular flexibility index (Phi) is 5.88. The van der Waals surface area contributed by atoms with Crippen molar-refractivity contribution in [1.82, 2.24) is 4.98 Å². The Hall–Kier alpha value is -3.08. The van der Waals surface area contributed by atoms with Gasteiger partial charge in [-0.3, -0.25) is 4.79 Å². The van der Waals surface area contributed by atoms with E-state index in [1.807, 2.05) is 55.5 Å². The van der Waals surface area contributed by atoms with Crippen molar-refractivity contribution in [3.05, 3.63) is 88.4 Å². The van der Waals surface area contributed by atoms with Crippen LogP contribution in [0.2, 0.25) is 10.0 Å². The van der Waals surface area contributed by atoms with Crippen molar-refractivity contribution in [3.8, 4) is 17.0 Å². The van der Waals surface area contributed by atoms with E-state index in [1.54, 1.807) is 24.3 Å². The first kappa shape index (κ1) is 20.2. The highest BCUT2D eigenvalue weighted by Gasteiger charge is 2.15. The number of carbonyl (C=O) groups excluding carboxylic acids is 1. The highest BCUT2D eigenvalue weighted by molar-refractivity contribution is 6.36. The van der Waals surface area contributed by atoms with E-state index >= 15 is 0 Å². The summed E-state index contributed by atoms with van der Waals surface area (Å²) in [6.07, 6.45) is 0. The van der Waals surface area contributed by atoms with Crippen LogP contribution < -0.4 is 10.1 Å². The first-order valence-corrected chi connectivity index (χ1v) is 10.2. The highest BCUT2D eigenvalue weighted by Crippen LogP contribution is 2.29. The normalized spacial score (nSPS) is 10.8. The molecule has 0 saturated heterocycles. The topological polar surface area (TPSA) is 51.2 Å². The van der Waals surface area contributed by atoms with E-state index in [9.17, 15) is 4.79 Å². The number of anilines is 1. The summed E-state index contributed by atoms with van der Waals surface area (Å²) in [4.78, 5) is 17.9. The van der Waals surface area contributed by atoms with Gasteiger partial charge < -0.3 is 10.1 Å². The molecule has 0 aliphatic carbocycles. The Morgan fingerprint density at radius 2 is 1.77 bits per heavy atom. The third-order valence-corrected chi connectivity index (χ3v) is 5.16. The average Bonchev–Trinajstić information content (AvgIpc) is 2.76. The summed E-state index contributed by atoms with van der Waals surface area (Å²) in [5.41, 5.74) is 3.27. The molecule has 1 N–H and O–H groups in total. The number of benzene rings is 3. The fraction of sp³-hybridized carbons (Fsp3) is 0.0833. The maximum atomic E-state index is 13.2. The summed E-state index contributed by atoms with van der Waals surface area (Å²) >= 11 is 12.3. The minimum absolute atomic E-state index is 0.287. The van der Waals surface area contributed by atoms with Crippen molar-refractivity contribution in [1.29, 1.82) is 0 Å². The van der Waals surface area contributed by atoms with Gasteiger partial charge in [-0.1, -0.05) is 41.4 Å². The third kappa shape index (κ3) is 4.25. The quantitative estimate of drug-likeness (QED) is 0.371. The SMILES string of the molecule is CCOc1ccc(-c2cc(C(=O)Nc3cc(Cl)ccc3Cl)c3ccccc3n2)cc1. The molecule has 1 aromatic heterocycles. The summed E-state index contributed by atoms with van der Waals surface area (Å²) in [6.45, 7) is 2.54. The molecule has 4 aromatic rings. The summed E-state index contributed by atoms with van der Waals surface area (Å²) in [5, 5.41) is 4.52. The van der Waals surface area contributed by atoms with Crippen LogP contribution in [-0.2, 0) is 0 Å². The van der Waals surface area contributed by atoms with Crippen molar-refractivity contribution in [2.75, 3.05) is 11.9 Å². The Morgan fingerprint density at radius 3 is 2.53 bits per heavy atom. The lowest BCUT2D eigenvalue weighted by Gasteiger charge is -2.12. The number of nitrogens with zero attached hydrogens (tertiary/aromatic N) is 1. The van der Waals surface area contributed by atoms with Crippen LogP contribution in [0.4, 0.5) is 5.69 Å². The zero-order valence-electron chi connectivity index (χ0n) is 16.2. The number of amides is 1. The van der Waals surface area contributed by atoms with Gasteiger partial charge in [0.2, 0.25) is 0 Å². The number of ether oxygens (including phenoxy) is 1. The van der Waals surface area contributed by atoms with Crippen molar-refractivity contribution >= 4 is 45.7 Å². The fourth-order valence-electron chi connectivity index (χ4n) is 3.18. The van der Waals surface area contributed by atoms with Crippen LogP contribution in [0.1, 0.15) is 17.3 Å². The number of halogens is 2. The van der Waals surface area contributed by atoms with Gasteiger partial charge in [-0.05, 0) is 61.5 Å². The predicted molar refractivity (Wildman–Crippen MR) is 123 cm³/mol. The van der Waals surface area contributed by atoms with Crippen LogP contribution in [-0.4, -0.2) is 17.5 Å². The van der Waals surface area contributed by atoms with Gasteiger partial charge in [0.05, 0.1) is 34.1 Å². The molecule has 3 aromatic carbocycles. The number of nitrogens with one attached hydrogen (secondary N) is 1. The lowest BCUT2D eigenvalue weighted by atomic mass is 10.0. The first-order chi connectivity index (χ1) is 14.5. The van der Waals surface area contributed by atoms with Gasteiger partial charge in [0.15, 0.2) is 0 Å². The zero-order chi connectivity index (χ0) is 21.1. The Balaban J connectivity index is 1.76. The maximum Gasteiger partial charge on any atom is 0.256 e. The Labute approximate surface area is 184 Å². The van der Waals surface area contributed by atoms with Crippen molar-refractivity contribution in [3.63, 3.8) is 0 Å². The van der Waals surface area contributed by atoms with E-state index in [4.69, 9.17) is 32.9 Å². The molecule has 4 nitrogen and oxygen atoms in total. The van der Waals surface area contributed by atoms with Crippen LogP contribution in [0.5, 0.6) is 5.75 Å². The number of hydrogen-bond acceptors (Lipinski definition) is 3. The molecular formula is C24H18Cl2N2O2. The molecule has 150 valence electrons. The minimum atomic E-state index is -0.287. The Bertz CT molecular complexity index is 1220. The molecular weight excluding hydrogens is 419 g/mol. The standard InChI is InChI=1S/C24H18Cl2N2O2/c1-2-30-17-10-7-15(8-11-17)22-14-19(18-5-3-4-6-21(18)27-22)24(29)28-23-13-16(25)9-12-20(23)26/h3-14H,2H2,1H3,(H,28,29). The molecule has 0 atom stereocenters. The third-order valence-electron chi connectivity index (χ3n) is 4.60. The van der Waals surface area contributed by atoms with E-state index in [-0.39, 0.29) is 5.91 Å². The van der Waals surface area contributed by atoms with Gasteiger partial charge in [-0.2, -0.15) is 0 Å². The minimum Gasteiger partial charge on any atom is -0.494 e. The fourth-order valence-corrected chi connectivity index (χ4v) is 3.52. The summed E-state index contributed by atoms with van der Waals surface area (Å²) in [7, 11) is 0. The largest absolute Gasteiger partial charge is 0.494 e. The average molecular weight is 437 g/mol. The van der Waals surface area contributed by atoms with E-state index in [0.717, 1.165) is 22.2 Å². The van der Waals surface area contributed by atoms with E-state index in [1.165, 1.54) is 0 Å². The second-order valence-corrected chi connectivity index (χ2v) is 7.45. The van der Waals surface area contributed by atoms with Crippen molar-refractivity contribution in [2.24, 2.45) is 0 Å². The summed E-state index contributed by atoms with van der Waals surface area (Å²) < 4.78 is 5.51. The second-order valence-electron chi connectivity index (χ2n) is 6.61. The molecule has 0 unspecified atom stereocenters. The molecule has 1 heterocycles. The molecule has 0 spiro atoms. The van der Waals surface area contributed by atoms with Crippen molar-refractivity contribution < 1.29 is 9.53 Å². The van der Waals surface area contributed by atoms with Gasteiger partial charge >= 0.3 is 0 Å². The van der Waals surface area contributed by atoms with Gasteiger partial charge in [0.1, 0.15) is 5.75 Å². The smallest absolute Gasteiger partial charge is 0.256 e. The van der Waals surface area contributed by atoms with Gasteiger partial charge in [-0.15, -0.1) is 0 Å². The number of fused-ring (bicyclic) bond motifs is 1. The Morgan fingerprint density at radius 1 is 1.00 bits per heavy atom. The van der Waals surface area contributed by atoms with Crippen molar-refractivity contribution in [2.45, 2.75) is 6.92 Å². The van der Waals surface area contributed by atoms with Gasteiger partial charge in [-0.25, -0.2) is 4.98 Å². The van der Waals surface area contributed by atoms with E-state index in [2.05, 4.69) is 5.32 Å². The van der Waals surface area contributed by atoms with Crippen LogP contribution in [0, 0.1) is 0 Å². The molecule has 0 aliphatic rings. The van der Waals surface area contributed by atoms with Crippen LogP contribution in [0.25, 0.3) is 22.2 Å². The monoisotopic (exact) mass is 436 g/mol. The number of para-hydroxylation sites is 1. The lowest BCUT2D eigenvalue weighted by molar-refractivity contribution is 0.102. The number of aromatic nitrogens is 1. The maximum absolute atomic E-state index is 13.2. The molecule has 6 heteroatoms. The lowest BCUT2D eigenvalue weighted by Crippen LogP contribution is -2.13. The molecule has 0 bridgehead atoms. The molecule has 0 saturated carbocycles. The highest BCUT2D eigenvalue weighted by atomic mass is 35.5. The number of carbonyl (C=O) groups is 1. The van der Waals surface area contributed by atoms with Crippen LogP contribution in [0.15, 0.2) is 72.8 Å². The summed E-state index contributed by atoms with van der Waals surface area (Å²) in [6, 6.07) is 21.9. The molecule has 1 amide bonds. The van der Waals surface area contributed by atoms with E-state index in [0.29, 0.717) is 33.6 Å². The van der Waals surface area contributed by atoms with E-state index < -0.39 is 0 Å². The molecule has 0 radical (unpaired) electrons. The second kappa shape index (κ2) is 8.74. The van der Waals surface area contributed by atoms with Gasteiger partial charge in [0, 0.05) is 16.0 Å². The molecule has 0 aliphatic heterocycles. The first-order valence-electron chi connectivity index (χ1n) is 9.44. The molecule has 4 rings (SSSR count). The zero-order valence-corrected chi connectivity index (χ0v) is 17.7. The van der Waals surface area contributed by atoms with Crippen LogP contribution >= 0.6 is 23.2 Å². The van der Waals surface area contributed by atoms with Gasteiger partial charge in [0.25, 0.3) is 5.91 Å². The number of hydrogen-bond donors (Lipinski definition) is 1. The number of pyridine rings is 1. The number of rotatable bonds is 5. The van der Waals surface area contributed by atoms with Crippen LogP contribution in [0.3, 0.4) is 0 Å². The molecule has 0 fully saturated rings.